The Morgan fingerprint density at radius 3 is 3.12 bits per heavy atom. The molecule has 0 spiro atoms. The van der Waals surface area contributed by atoms with Crippen molar-refractivity contribution in [2.75, 3.05) is 18.8 Å². The van der Waals surface area contributed by atoms with Crippen LogP contribution in [0, 0.1) is 0 Å². The molecular weight excluding hydrogens is 220 g/mol. The highest BCUT2D eigenvalue weighted by Crippen LogP contribution is 2.39. The highest BCUT2D eigenvalue weighted by molar-refractivity contribution is 7.99. The van der Waals surface area contributed by atoms with Crippen molar-refractivity contribution >= 4 is 17.7 Å². The van der Waals surface area contributed by atoms with Gasteiger partial charge in [-0.1, -0.05) is 18.2 Å². The van der Waals surface area contributed by atoms with Gasteiger partial charge in [0.1, 0.15) is 0 Å². The van der Waals surface area contributed by atoms with E-state index in [9.17, 15) is 4.79 Å². The van der Waals surface area contributed by atoms with Crippen molar-refractivity contribution in [3.63, 3.8) is 0 Å². The third kappa shape index (κ3) is 2.39. The van der Waals surface area contributed by atoms with Crippen LogP contribution < -0.4 is 11.1 Å². The lowest BCUT2D eigenvalue weighted by molar-refractivity contribution is -0.122. The van der Waals surface area contributed by atoms with Gasteiger partial charge in [0.05, 0.1) is 5.92 Å². The zero-order valence-electron chi connectivity index (χ0n) is 9.11. The van der Waals surface area contributed by atoms with Crippen LogP contribution in [0.15, 0.2) is 29.2 Å². The topological polar surface area (TPSA) is 55.1 Å². The first-order chi connectivity index (χ1) is 7.83. The van der Waals surface area contributed by atoms with Gasteiger partial charge in [0.25, 0.3) is 0 Å². The molecule has 16 heavy (non-hydrogen) atoms. The molecule has 1 amide bonds. The van der Waals surface area contributed by atoms with E-state index in [-0.39, 0.29) is 11.8 Å². The number of hydrogen-bond acceptors (Lipinski definition) is 3. The van der Waals surface area contributed by atoms with E-state index in [0.29, 0.717) is 13.1 Å². The Hall–Kier alpha value is -1.00. The molecule has 1 aromatic rings. The molecule has 0 aromatic heterocycles. The largest absolute Gasteiger partial charge is 0.355 e. The van der Waals surface area contributed by atoms with Crippen molar-refractivity contribution in [1.82, 2.24) is 5.32 Å². The maximum absolute atomic E-state index is 11.9. The average Bonchev–Trinajstić information content (AvgIpc) is 2.73. The quantitative estimate of drug-likeness (QED) is 0.776. The van der Waals surface area contributed by atoms with Crippen LogP contribution in [0.4, 0.5) is 0 Å². The van der Waals surface area contributed by atoms with Gasteiger partial charge in [-0.3, -0.25) is 4.79 Å². The monoisotopic (exact) mass is 236 g/mol. The number of benzene rings is 1. The first-order valence-electron chi connectivity index (χ1n) is 5.52. The van der Waals surface area contributed by atoms with Gasteiger partial charge in [0, 0.05) is 17.2 Å². The normalized spacial score (nSPS) is 18.2. The average molecular weight is 236 g/mol. The molecule has 0 aliphatic carbocycles. The molecule has 0 bridgehead atoms. The second kappa shape index (κ2) is 5.37. The fourth-order valence-corrected chi connectivity index (χ4v) is 3.05. The predicted molar refractivity (Wildman–Crippen MR) is 66.6 cm³/mol. The summed E-state index contributed by atoms with van der Waals surface area (Å²) in [4.78, 5) is 13.2. The number of carbonyl (C=O) groups is 1. The van der Waals surface area contributed by atoms with E-state index in [4.69, 9.17) is 5.73 Å². The SMILES string of the molecule is NCCCNC(=O)C1CSc2ccccc21. The summed E-state index contributed by atoms with van der Waals surface area (Å²) < 4.78 is 0. The molecular formula is C12H16N2OS. The number of thioether (sulfide) groups is 1. The van der Waals surface area contributed by atoms with Crippen LogP contribution in [0.25, 0.3) is 0 Å². The van der Waals surface area contributed by atoms with Crippen molar-refractivity contribution < 1.29 is 4.79 Å². The third-order valence-corrected chi connectivity index (χ3v) is 3.88. The molecule has 1 aliphatic rings. The summed E-state index contributed by atoms with van der Waals surface area (Å²) in [6.45, 7) is 1.30. The van der Waals surface area contributed by atoms with E-state index in [0.717, 1.165) is 17.7 Å². The summed E-state index contributed by atoms with van der Waals surface area (Å²) in [6.07, 6.45) is 0.841. The molecule has 3 nitrogen and oxygen atoms in total. The van der Waals surface area contributed by atoms with Crippen LogP contribution in [0.1, 0.15) is 17.9 Å². The lowest BCUT2D eigenvalue weighted by atomic mass is 10.0. The number of hydrogen-bond donors (Lipinski definition) is 2. The summed E-state index contributed by atoms with van der Waals surface area (Å²) in [5, 5.41) is 2.93. The van der Waals surface area contributed by atoms with Gasteiger partial charge in [0.15, 0.2) is 0 Å². The van der Waals surface area contributed by atoms with Crippen LogP contribution in [-0.4, -0.2) is 24.7 Å². The molecule has 1 aromatic carbocycles. The highest BCUT2D eigenvalue weighted by atomic mass is 32.2. The van der Waals surface area contributed by atoms with Gasteiger partial charge in [-0.05, 0) is 24.6 Å². The van der Waals surface area contributed by atoms with Gasteiger partial charge in [-0.2, -0.15) is 0 Å². The number of rotatable bonds is 4. The Kier molecular flexibility index (Phi) is 3.85. The Morgan fingerprint density at radius 1 is 1.50 bits per heavy atom. The van der Waals surface area contributed by atoms with Crippen LogP contribution >= 0.6 is 11.8 Å². The van der Waals surface area contributed by atoms with E-state index in [1.165, 1.54) is 4.90 Å². The fraction of sp³-hybridized carbons (Fsp3) is 0.417. The Bertz CT molecular complexity index is 381. The number of fused-ring (bicyclic) bond motifs is 1. The van der Waals surface area contributed by atoms with E-state index < -0.39 is 0 Å². The number of amides is 1. The summed E-state index contributed by atoms with van der Waals surface area (Å²) >= 11 is 1.76. The number of carbonyl (C=O) groups excluding carboxylic acids is 1. The van der Waals surface area contributed by atoms with Crippen LogP contribution in [0.5, 0.6) is 0 Å². The Balaban J connectivity index is 1.99. The molecule has 1 aliphatic heterocycles. The second-order valence-corrected chi connectivity index (χ2v) is 4.90. The minimum absolute atomic E-state index is 0.0129. The Labute approximate surface area is 99.8 Å². The Morgan fingerprint density at radius 2 is 2.31 bits per heavy atom. The highest BCUT2D eigenvalue weighted by Gasteiger charge is 2.28. The summed E-state index contributed by atoms with van der Waals surface area (Å²) in [6, 6.07) is 8.13. The van der Waals surface area contributed by atoms with Gasteiger partial charge in [-0.15, -0.1) is 11.8 Å². The molecule has 1 atom stereocenters. The maximum atomic E-state index is 11.9. The summed E-state index contributed by atoms with van der Waals surface area (Å²) in [5.74, 6) is 0.998. The van der Waals surface area contributed by atoms with Crippen LogP contribution in [-0.2, 0) is 4.79 Å². The van der Waals surface area contributed by atoms with Crippen molar-refractivity contribution in [3.8, 4) is 0 Å². The molecule has 1 unspecified atom stereocenters. The molecule has 3 N–H and O–H groups in total. The lowest BCUT2D eigenvalue weighted by Crippen LogP contribution is -2.31. The van der Waals surface area contributed by atoms with Gasteiger partial charge in [0.2, 0.25) is 5.91 Å². The molecule has 86 valence electrons. The van der Waals surface area contributed by atoms with Crippen molar-refractivity contribution in [2.45, 2.75) is 17.2 Å². The summed E-state index contributed by atoms with van der Waals surface area (Å²) in [7, 11) is 0. The first kappa shape index (κ1) is 11.5. The second-order valence-electron chi connectivity index (χ2n) is 3.83. The molecule has 0 saturated carbocycles. The van der Waals surface area contributed by atoms with E-state index in [1.54, 1.807) is 11.8 Å². The van der Waals surface area contributed by atoms with Crippen LogP contribution in [0.2, 0.25) is 0 Å². The van der Waals surface area contributed by atoms with Crippen molar-refractivity contribution in [2.24, 2.45) is 5.73 Å². The molecule has 2 rings (SSSR count). The van der Waals surface area contributed by atoms with Gasteiger partial charge < -0.3 is 11.1 Å². The van der Waals surface area contributed by atoms with Crippen molar-refractivity contribution in [3.05, 3.63) is 29.8 Å². The lowest BCUT2D eigenvalue weighted by Gasteiger charge is -2.10. The smallest absolute Gasteiger partial charge is 0.228 e. The molecule has 4 heteroatoms. The molecule has 1 heterocycles. The molecule has 0 radical (unpaired) electrons. The minimum Gasteiger partial charge on any atom is -0.355 e. The van der Waals surface area contributed by atoms with E-state index >= 15 is 0 Å². The van der Waals surface area contributed by atoms with E-state index in [2.05, 4.69) is 11.4 Å². The van der Waals surface area contributed by atoms with Gasteiger partial charge in [-0.25, -0.2) is 0 Å². The van der Waals surface area contributed by atoms with Crippen LogP contribution in [0.3, 0.4) is 0 Å². The third-order valence-electron chi connectivity index (χ3n) is 2.70. The van der Waals surface area contributed by atoms with Gasteiger partial charge >= 0.3 is 0 Å². The predicted octanol–water partition coefficient (Wildman–Crippen LogP) is 1.34. The summed E-state index contributed by atoms with van der Waals surface area (Å²) in [5.41, 5.74) is 6.55. The fourth-order valence-electron chi connectivity index (χ4n) is 1.82. The molecule has 0 fully saturated rings. The zero-order valence-corrected chi connectivity index (χ0v) is 9.93. The zero-order chi connectivity index (χ0) is 11.4. The standard InChI is InChI=1S/C12H16N2OS/c13-6-3-7-14-12(15)10-8-16-11-5-2-1-4-9(10)11/h1-2,4-5,10H,3,6-8,13H2,(H,14,15). The first-order valence-corrected chi connectivity index (χ1v) is 6.51. The van der Waals surface area contributed by atoms with E-state index in [1.807, 2.05) is 18.2 Å². The van der Waals surface area contributed by atoms with Crippen molar-refractivity contribution in [1.29, 1.82) is 0 Å². The number of nitrogens with one attached hydrogen (secondary N) is 1. The molecule has 0 saturated heterocycles. The number of nitrogens with two attached hydrogens (primary N) is 1. The minimum atomic E-state index is 0.0129. The maximum Gasteiger partial charge on any atom is 0.228 e.